The molecule has 1 aromatic heterocycles. The zero-order valence-corrected chi connectivity index (χ0v) is 17.8. The zero-order chi connectivity index (χ0) is 19.5. The Morgan fingerprint density at radius 1 is 1.11 bits per heavy atom. The van der Waals surface area contributed by atoms with Gasteiger partial charge in [-0.25, -0.2) is 4.98 Å². The van der Waals surface area contributed by atoms with E-state index in [4.69, 9.17) is 4.98 Å². The maximum absolute atomic E-state index is 4.73. The topological polar surface area (TPSA) is 22.6 Å². The summed E-state index contributed by atoms with van der Waals surface area (Å²) in [7, 11) is 0. The van der Waals surface area contributed by atoms with Crippen LogP contribution < -0.4 is 9.21 Å². The Hall–Kier alpha value is -2.14. The molecule has 2 aromatic rings. The number of anilines is 2. The molecule has 4 rings (SSSR count). The first-order chi connectivity index (χ1) is 13.7. The van der Waals surface area contributed by atoms with Gasteiger partial charge in [-0.05, 0) is 60.5 Å². The molecule has 0 amide bonds. The highest BCUT2D eigenvalue weighted by Crippen LogP contribution is 2.30. The van der Waals surface area contributed by atoms with Gasteiger partial charge in [-0.1, -0.05) is 31.7 Å². The van der Waals surface area contributed by atoms with Crippen LogP contribution in [0.15, 0.2) is 43.1 Å². The van der Waals surface area contributed by atoms with Gasteiger partial charge < -0.3 is 14.1 Å². The van der Waals surface area contributed by atoms with Crippen LogP contribution in [-0.2, 0) is 6.42 Å². The van der Waals surface area contributed by atoms with Gasteiger partial charge in [-0.2, -0.15) is 0 Å². The summed E-state index contributed by atoms with van der Waals surface area (Å²) in [5.41, 5.74) is 6.25. The Kier molecular flexibility index (Phi) is 5.81. The summed E-state index contributed by atoms with van der Waals surface area (Å²) < 4.78 is 2.39. The number of benzene rings is 1. The van der Waals surface area contributed by atoms with E-state index < -0.39 is 0 Å². The first kappa shape index (κ1) is 19.2. The molecule has 148 valence electrons. The summed E-state index contributed by atoms with van der Waals surface area (Å²) in [5, 5.41) is 0. The molecular weight excluding hydrogens is 364 g/mol. The van der Waals surface area contributed by atoms with Crippen LogP contribution in [0.1, 0.15) is 30.0 Å². The van der Waals surface area contributed by atoms with E-state index in [-0.39, 0.29) is 0 Å². The van der Waals surface area contributed by atoms with Gasteiger partial charge in [0.1, 0.15) is 5.82 Å². The largest absolute Gasteiger partial charge is 0.368 e. The minimum atomic E-state index is 0.985. The lowest BCUT2D eigenvalue weighted by molar-refractivity contribution is 0.366. The molecule has 5 heteroatoms. The fourth-order valence-corrected chi connectivity index (χ4v) is 5.00. The molecule has 2 fully saturated rings. The maximum atomic E-state index is 4.73. The number of piperazine rings is 1. The average molecular weight is 395 g/mol. The molecule has 0 N–H and O–H groups in total. The van der Waals surface area contributed by atoms with Crippen LogP contribution in [0.2, 0.25) is 0 Å². The van der Waals surface area contributed by atoms with E-state index in [9.17, 15) is 0 Å². The first-order valence-corrected chi connectivity index (χ1v) is 11.2. The lowest BCUT2D eigenvalue weighted by Crippen LogP contribution is -2.45. The molecule has 1 aromatic carbocycles. The molecule has 0 atom stereocenters. The normalized spacial score (nSPS) is 17.3. The van der Waals surface area contributed by atoms with Gasteiger partial charge in [0, 0.05) is 56.1 Å². The molecule has 0 spiro atoms. The van der Waals surface area contributed by atoms with Gasteiger partial charge in [-0.15, -0.1) is 0 Å². The van der Waals surface area contributed by atoms with Gasteiger partial charge >= 0.3 is 0 Å². The first-order valence-electron chi connectivity index (χ1n) is 10.3. The van der Waals surface area contributed by atoms with Crippen LogP contribution in [0.5, 0.6) is 0 Å². The summed E-state index contributed by atoms with van der Waals surface area (Å²) in [4.78, 5) is 9.54. The van der Waals surface area contributed by atoms with Gasteiger partial charge in [0.2, 0.25) is 0 Å². The van der Waals surface area contributed by atoms with E-state index in [1.165, 1.54) is 34.6 Å². The zero-order valence-electron chi connectivity index (χ0n) is 17.0. The molecule has 2 saturated heterocycles. The predicted octanol–water partition coefficient (Wildman–Crippen LogP) is 4.60. The van der Waals surface area contributed by atoms with Crippen LogP contribution in [0, 0.1) is 6.92 Å². The molecule has 4 nitrogen and oxygen atoms in total. The average Bonchev–Trinajstić information content (AvgIpc) is 3.28. The third-order valence-electron chi connectivity index (χ3n) is 5.72. The highest BCUT2D eigenvalue weighted by atomic mass is 32.2. The van der Waals surface area contributed by atoms with Crippen molar-refractivity contribution < 1.29 is 0 Å². The Labute approximate surface area is 173 Å². The summed E-state index contributed by atoms with van der Waals surface area (Å²) >= 11 is 1.93. The second kappa shape index (κ2) is 8.48. The molecule has 3 heterocycles. The van der Waals surface area contributed by atoms with Gasteiger partial charge in [0.05, 0.1) is 0 Å². The van der Waals surface area contributed by atoms with Gasteiger partial charge in [0.15, 0.2) is 0 Å². The van der Waals surface area contributed by atoms with Crippen molar-refractivity contribution >= 4 is 29.2 Å². The fraction of sp³-hybridized carbons (Fsp3) is 0.435. The quantitative estimate of drug-likeness (QED) is 0.689. The van der Waals surface area contributed by atoms with Crippen molar-refractivity contribution in [3.63, 3.8) is 0 Å². The van der Waals surface area contributed by atoms with Crippen molar-refractivity contribution in [1.29, 1.82) is 0 Å². The second-order valence-corrected chi connectivity index (χ2v) is 8.70. The van der Waals surface area contributed by atoms with Crippen molar-refractivity contribution in [3.05, 3.63) is 59.8 Å². The standard InChI is InChI=1S/C23H30N4S/c1-4-20-16-18(2)23(24-17-20)26-13-11-25(12-14-26)19(3)21-6-8-22(9-7-21)27-10-5-15-28-27/h6-9,16-17H,3-5,10-15H2,1-2H3. The molecule has 0 aliphatic carbocycles. The monoisotopic (exact) mass is 394 g/mol. The fourth-order valence-electron chi connectivity index (χ4n) is 3.99. The SMILES string of the molecule is C=C(c1ccc(N2CCCS2)cc1)N1CCN(c2ncc(CC)cc2C)CC1. The second-order valence-electron chi connectivity index (χ2n) is 7.59. The summed E-state index contributed by atoms with van der Waals surface area (Å²) in [5.74, 6) is 2.36. The number of hydrogen-bond donors (Lipinski definition) is 0. The third-order valence-corrected chi connectivity index (χ3v) is 6.89. The summed E-state index contributed by atoms with van der Waals surface area (Å²) in [6.45, 7) is 13.8. The molecule has 2 aliphatic rings. The number of aromatic nitrogens is 1. The third kappa shape index (κ3) is 4.00. The van der Waals surface area contributed by atoms with E-state index in [0.717, 1.165) is 50.7 Å². The molecular formula is C23H30N4S. The van der Waals surface area contributed by atoms with Gasteiger partial charge in [0.25, 0.3) is 0 Å². The minimum absolute atomic E-state index is 0.985. The van der Waals surface area contributed by atoms with Crippen molar-refractivity contribution in [2.24, 2.45) is 0 Å². The molecule has 2 aliphatic heterocycles. The smallest absolute Gasteiger partial charge is 0.131 e. The van der Waals surface area contributed by atoms with Crippen LogP contribution in [0.25, 0.3) is 5.70 Å². The van der Waals surface area contributed by atoms with E-state index in [0.29, 0.717) is 0 Å². The molecule has 0 saturated carbocycles. The van der Waals surface area contributed by atoms with Crippen LogP contribution in [-0.4, -0.2) is 48.4 Å². The van der Waals surface area contributed by atoms with Crippen LogP contribution >= 0.6 is 11.9 Å². The number of rotatable bonds is 5. The minimum Gasteiger partial charge on any atom is -0.368 e. The Balaban J connectivity index is 1.37. The Bertz CT molecular complexity index is 819. The number of aryl methyl sites for hydroxylation is 2. The summed E-state index contributed by atoms with van der Waals surface area (Å²) in [6.07, 6.45) is 4.34. The molecule has 0 unspecified atom stereocenters. The molecule has 0 bridgehead atoms. The predicted molar refractivity (Wildman–Crippen MR) is 122 cm³/mol. The van der Waals surface area contributed by atoms with Crippen molar-refractivity contribution in [2.45, 2.75) is 26.7 Å². The number of hydrogen-bond acceptors (Lipinski definition) is 5. The maximum Gasteiger partial charge on any atom is 0.131 e. The van der Waals surface area contributed by atoms with Gasteiger partial charge in [-0.3, -0.25) is 0 Å². The Morgan fingerprint density at radius 2 is 1.86 bits per heavy atom. The van der Waals surface area contributed by atoms with E-state index in [1.807, 2.05) is 18.1 Å². The van der Waals surface area contributed by atoms with Crippen LogP contribution in [0.3, 0.4) is 0 Å². The highest BCUT2D eigenvalue weighted by Gasteiger charge is 2.21. The molecule has 28 heavy (non-hydrogen) atoms. The Morgan fingerprint density at radius 3 is 2.46 bits per heavy atom. The van der Waals surface area contributed by atoms with Crippen LogP contribution in [0.4, 0.5) is 11.5 Å². The van der Waals surface area contributed by atoms with Crippen molar-refractivity contribution in [3.8, 4) is 0 Å². The number of nitrogens with zero attached hydrogens (tertiary/aromatic N) is 4. The van der Waals surface area contributed by atoms with Crippen molar-refractivity contribution in [1.82, 2.24) is 9.88 Å². The number of pyridine rings is 1. The lowest BCUT2D eigenvalue weighted by atomic mass is 10.1. The summed E-state index contributed by atoms with van der Waals surface area (Å²) in [6, 6.07) is 11.2. The highest BCUT2D eigenvalue weighted by molar-refractivity contribution is 8.00. The van der Waals surface area contributed by atoms with E-state index in [2.05, 4.69) is 64.9 Å². The van der Waals surface area contributed by atoms with E-state index in [1.54, 1.807) is 0 Å². The van der Waals surface area contributed by atoms with E-state index >= 15 is 0 Å². The van der Waals surface area contributed by atoms with Crippen molar-refractivity contribution in [2.75, 3.05) is 47.7 Å². The molecule has 0 radical (unpaired) electrons. The lowest BCUT2D eigenvalue weighted by Gasteiger charge is -2.38.